The minimum absolute atomic E-state index is 0.191. The van der Waals surface area contributed by atoms with Crippen LogP contribution >= 0.6 is 0 Å². The fourth-order valence-electron chi connectivity index (χ4n) is 2.76. The van der Waals surface area contributed by atoms with Crippen molar-refractivity contribution in [2.75, 3.05) is 11.0 Å². The lowest BCUT2D eigenvalue weighted by Crippen LogP contribution is -2.36. The number of para-hydroxylation sites is 1. The topological polar surface area (TPSA) is 84.5 Å². The SMILES string of the molecule is Cc1ccc(C(C)C)c(OC(C)C(=O)NCc2ccccc2NS(C)(=O)=O)c1. The monoisotopic (exact) mass is 404 g/mol. The van der Waals surface area contributed by atoms with E-state index >= 15 is 0 Å². The summed E-state index contributed by atoms with van der Waals surface area (Å²) in [7, 11) is -3.40. The molecular weight excluding hydrogens is 376 g/mol. The second-order valence-electron chi connectivity index (χ2n) is 7.21. The van der Waals surface area contributed by atoms with Gasteiger partial charge in [0.25, 0.3) is 5.91 Å². The maximum Gasteiger partial charge on any atom is 0.261 e. The highest BCUT2D eigenvalue weighted by Gasteiger charge is 2.18. The van der Waals surface area contributed by atoms with Gasteiger partial charge in [0.1, 0.15) is 5.75 Å². The maximum absolute atomic E-state index is 12.5. The number of carbonyl (C=O) groups is 1. The highest BCUT2D eigenvalue weighted by molar-refractivity contribution is 7.92. The van der Waals surface area contributed by atoms with E-state index in [1.54, 1.807) is 31.2 Å². The van der Waals surface area contributed by atoms with Crippen molar-refractivity contribution < 1.29 is 17.9 Å². The molecule has 1 unspecified atom stereocenters. The first kappa shape index (κ1) is 21.8. The minimum Gasteiger partial charge on any atom is -0.481 e. The fourth-order valence-corrected chi connectivity index (χ4v) is 3.36. The van der Waals surface area contributed by atoms with Gasteiger partial charge in [-0.2, -0.15) is 0 Å². The molecule has 2 aromatic rings. The number of carbonyl (C=O) groups excluding carboxylic acids is 1. The molecule has 0 aliphatic carbocycles. The van der Waals surface area contributed by atoms with Crippen molar-refractivity contribution in [3.05, 3.63) is 59.2 Å². The van der Waals surface area contributed by atoms with Gasteiger partial charge < -0.3 is 10.1 Å². The van der Waals surface area contributed by atoms with Crippen LogP contribution in [0.4, 0.5) is 5.69 Å². The number of amides is 1. The van der Waals surface area contributed by atoms with Gasteiger partial charge in [0, 0.05) is 6.54 Å². The number of benzene rings is 2. The number of anilines is 1. The molecule has 0 aliphatic heterocycles. The molecule has 1 atom stereocenters. The summed E-state index contributed by atoms with van der Waals surface area (Å²) in [4.78, 5) is 12.5. The Labute approximate surface area is 167 Å². The number of rotatable bonds is 8. The lowest BCUT2D eigenvalue weighted by molar-refractivity contribution is -0.127. The Hall–Kier alpha value is -2.54. The van der Waals surface area contributed by atoms with Gasteiger partial charge >= 0.3 is 0 Å². The molecule has 0 fully saturated rings. The van der Waals surface area contributed by atoms with Crippen LogP contribution in [0.3, 0.4) is 0 Å². The first-order chi connectivity index (χ1) is 13.1. The number of hydrogen-bond donors (Lipinski definition) is 2. The van der Waals surface area contributed by atoms with E-state index in [2.05, 4.69) is 23.9 Å². The Morgan fingerprint density at radius 1 is 1.11 bits per heavy atom. The minimum atomic E-state index is -3.40. The van der Waals surface area contributed by atoms with E-state index in [9.17, 15) is 13.2 Å². The number of aryl methyl sites for hydroxylation is 1. The molecule has 0 bridgehead atoms. The van der Waals surface area contributed by atoms with Crippen LogP contribution in [0.5, 0.6) is 5.75 Å². The molecule has 1 amide bonds. The van der Waals surface area contributed by atoms with Crippen molar-refractivity contribution >= 4 is 21.6 Å². The zero-order valence-electron chi connectivity index (χ0n) is 16.9. The molecular formula is C21H28N2O4S. The van der Waals surface area contributed by atoms with E-state index < -0.39 is 16.1 Å². The number of hydrogen-bond acceptors (Lipinski definition) is 4. The third kappa shape index (κ3) is 6.27. The summed E-state index contributed by atoms with van der Waals surface area (Å²) in [6.45, 7) is 8.02. The molecule has 6 nitrogen and oxygen atoms in total. The fraction of sp³-hybridized carbons (Fsp3) is 0.381. The predicted octanol–water partition coefficient (Wildman–Crippen LogP) is 3.57. The highest BCUT2D eigenvalue weighted by atomic mass is 32.2. The van der Waals surface area contributed by atoms with Gasteiger partial charge in [-0.3, -0.25) is 9.52 Å². The zero-order chi connectivity index (χ0) is 20.9. The van der Waals surface area contributed by atoms with Gasteiger partial charge in [-0.05, 0) is 48.6 Å². The summed E-state index contributed by atoms with van der Waals surface area (Å²) < 4.78 is 31.4. The summed E-state index contributed by atoms with van der Waals surface area (Å²) in [5, 5.41) is 2.81. The molecule has 0 saturated heterocycles. The maximum atomic E-state index is 12.5. The third-order valence-electron chi connectivity index (χ3n) is 4.23. The number of ether oxygens (including phenoxy) is 1. The summed E-state index contributed by atoms with van der Waals surface area (Å²) in [5.74, 6) is 0.710. The summed E-state index contributed by atoms with van der Waals surface area (Å²) in [5.41, 5.74) is 3.23. The van der Waals surface area contributed by atoms with E-state index in [0.717, 1.165) is 17.4 Å². The van der Waals surface area contributed by atoms with Crippen LogP contribution in [0.25, 0.3) is 0 Å². The van der Waals surface area contributed by atoms with Crippen LogP contribution in [-0.4, -0.2) is 26.7 Å². The lowest BCUT2D eigenvalue weighted by atomic mass is 10.0. The second kappa shape index (κ2) is 9.10. The Kier molecular flexibility index (Phi) is 7.07. The van der Waals surface area contributed by atoms with Crippen molar-refractivity contribution in [1.29, 1.82) is 0 Å². The zero-order valence-corrected chi connectivity index (χ0v) is 17.8. The standard InChI is InChI=1S/C21H28N2O4S/c1-14(2)18-11-10-15(3)12-20(18)27-16(4)21(24)22-13-17-8-6-7-9-19(17)23-28(5,25)26/h6-12,14,16,23H,13H2,1-5H3,(H,22,24). The van der Waals surface area contributed by atoms with E-state index in [4.69, 9.17) is 4.74 Å². The highest BCUT2D eigenvalue weighted by Crippen LogP contribution is 2.28. The third-order valence-corrected chi connectivity index (χ3v) is 4.82. The molecule has 0 heterocycles. The van der Waals surface area contributed by atoms with Crippen LogP contribution in [0, 0.1) is 6.92 Å². The molecule has 0 radical (unpaired) electrons. The first-order valence-electron chi connectivity index (χ1n) is 9.17. The summed E-state index contributed by atoms with van der Waals surface area (Å²) >= 11 is 0. The quantitative estimate of drug-likeness (QED) is 0.704. The molecule has 0 spiro atoms. The molecule has 0 saturated carbocycles. The lowest BCUT2D eigenvalue weighted by Gasteiger charge is -2.20. The largest absolute Gasteiger partial charge is 0.481 e. The molecule has 0 aliphatic rings. The molecule has 28 heavy (non-hydrogen) atoms. The molecule has 2 aromatic carbocycles. The number of nitrogens with one attached hydrogen (secondary N) is 2. The molecule has 0 aromatic heterocycles. The molecule has 2 N–H and O–H groups in total. The van der Waals surface area contributed by atoms with E-state index in [0.29, 0.717) is 17.0 Å². The van der Waals surface area contributed by atoms with Gasteiger partial charge in [-0.1, -0.05) is 44.2 Å². The van der Waals surface area contributed by atoms with Gasteiger partial charge in [0.15, 0.2) is 6.10 Å². The second-order valence-corrected chi connectivity index (χ2v) is 8.95. The van der Waals surface area contributed by atoms with Crippen molar-refractivity contribution in [2.45, 2.75) is 46.3 Å². The van der Waals surface area contributed by atoms with Crippen LogP contribution < -0.4 is 14.8 Å². The van der Waals surface area contributed by atoms with Gasteiger partial charge in [0.05, 0.1) is 11.9 Å². The van der Waals surface area contributed by atoms with Crippen molar-refractivity contribution in [3.63, 3.8) is 0 Å². The Balaban J connectivity index is 2.06. The summed E-state index contributed by atoms with van der Waals surface area (Å²) in [6, 6.07) is 12.9. The number of sulfonamides is 1. The van der Waals surface area contributed by atoms with Crippen LogP contribution in [0.2, 0.25) is 0 Å². The van der Waals surface area contributed by atoms with Crippen molar-refractivity contribution in [3.8, 4) is 5.75 Å². The predicted molar refractivity (Wildman–Crippen MR) is 112 cm³/mol. The van der Waals surface area contributed by atoms with Crippen LogP contribution in [0.15, 0.2) is 42.5 Å². The average molecular weight is 405 g/mol. The van der Waals surface area contributed by atoms with Crippen molar-refractivity contribution in [2.24, 2.45) is 0 Å². The van der Waals surface area contributed by atoms with Crippen LogP contribution in [0.1, 0.15) is 43.4 Å². The van der Waals surface area contributed by atoms with Gasteiger partial charge in [0.2, 0.25) is 10.0 Å². The Bertz CT molecular complexity index is 939. The Morgan fingerprint density at radius 3 is 2.43 bits per heavy atom. The van der Waals surface area contributed by atoms with Gasteiger partial charge in [-0.15, -0.1) is 0 Å². The van der Waals surface area contributed by atoms with Gasteiger partial charge in [-0.25, -0.2) is 8.42 Å². The van der Waals surface area contributed by atoms with E-state index in [1.165, 1.54) is 0 Å². The Morgan fingerprint density at radius 2 is 1.79 bits per heavy atom. The first-order valence-corrected chi connectivity index (χ1v) is 11.1. The molecule has 7 heteroatoms. The average Bonchev–Trinajstić information content (AvgIpc) is 2.59. The van der Waals surface area contributed by atoms with Crippen LogP contribution in [-0.2, 0) is 21.4 Å². The van der Waals surface area contributed by atoms with Crippen molar-refractivity contribution in [1.82, 2.24) is 5.32 Å². The summed E-state index contributed by atoms with van der Waals surface area (Å²) in [6.07, 6.45) is 0.404. The normalized spacial score (nSPS) is 12.5. The van der Waals surface area contributed by atoms with E-state index in [1.807, 2.05) is 25.1 Å². The van der Waals surface area contributed by atoms with E-state index in [-0.39, 0.29) is 18.4 Å². The smallest absolute Gasteiger partial charge is 0.261 e. The molecule has 2 rings (SSSR count). The molecule has 152 valence electrons.